The first-order chi connectivity index (χ1) is 15.1. The lowest BCUT2D eigenvalue weighted by Gasteiger charge is -2.18. The van der Waals surface area contributed by atoms with E-state index >= 15 is 0 Å². The van der Waals surface area contributed by atoms with Crippen LogP contribution in [-0.4, -0.2) is 38.5 Å². The van der Waals surface area contributed by atoms with E-state index in [0.29, 0.717) is 25.2 Å². The molecule has 3 heterocycles. The predicted molar refractivity (Wildman–Crippen MR) is 99.0 cm³/mol. The van der Waals surface area contributed by atoms with E-state index in [1.165, 1.54) is 6.07 Å². The Kier molecular flexibility index (Phi) is 5.23. The number of hydrogen-bond acceptors (Lipinski definition) is 6. The summed E-state index contributed by atoms with van der Waals surface area (Å²) in [5, 5.41) is 19.0. The zero-order valence-corrected chi connectivity index (χ0v) is 16.1. The lowest BCUT2D eigenvalue weighted by molar-refractivity contribution is -0.143. The van der Waals surface area contributed by atoms with Gasteiger partial charge in [0.25, 0.3) is 0 Å². The van der Waals surface area contributed by atoms with E-state index in [1.807, 2.05) is 0 Å². The molecule has 0 amide bonds. The molecule has 3 aromatic rings. The first-order valence-corrected chi connectivity index (χ1v) is 9.31. The predicted octanol–water partition coefficient (Wildman–Crippen LogP) is 4.44. The molecule has 0 atom stereocenters. The quantitative estimate of drug-likeness (QED) is 0.590. The van der Waals surface area contributed by atoms with Crippen LogP contribution in [0.2, 0.25) is 0 Å². The van der Waals surface area contributed by atoms with Crippen LogP contribution in [0.15, 0.2) is 24.3 Å². The topological polar surface area (TPSA) is 94.4 Å². The highest BCUT2D eigenvalue weighted by atomic mass is 19.4. The van der Waals surface area contributed by atoms with Gasteiger partial charge in [0.05, 0.1) is 22.5 Å². The van der Waals surface area contributed by atoms with Crippen LogP contribution in [0.5, 0.6) is 0 Å². The first kappa shape index (κ1) is 21.5. The number of hydrogen-bond donors (Lipinski definition) is 1. The van der Waals surface area contributed by atoms with Crippen molar-refractivity contribution in [3.63, 3.8) is 0 Å². The normalized spacial score (nSPS) is 14.6. The maximum Gasteiger partial charge on any atom is 0.416 e. The summed E-state index contributed by atoms with van der Waals surface area (Å²) in [5.74, 6) is 0.118. The molecule has 0 radical (unpaired) electrons. The van der Waals surface area contributed by atoms with Gasteiger partial charge in [0, 0.05) is 18.7 Å². The number of aromatic amines is 1. The summed E-state index contributed by atoms with van der Waals surface area (Å²) in [6.45, 7) is 1.15. The summed E-state index contributed by atoms with van der Waals surface area (Å²) in [5.41, 5.74) is -3.53. The number of nitriles is 1. The Balaban J connectivity index is 1.94. The molecule has 1 aliphatic heterocycles. The lowest BCUT2D eigenvalue weighted by atomic mass is 10.0. The molecule has 2 aromatic heterocycles. The van der Waals surface area contributed by atoms with Crippen LogP contribution in [-0.2, 0) is 12.4 Å². The summed E-state index contributed by atoms with van der Waals surface area (Å²) in [4.78, 5) is 10.3. The molecule has 4 rings (SSSR count). The van der Waals surface area contributed by atoms with Crippen LogP contribution in [0.25, 0.3) is 22.6 Å². The molecule has 0 unspecified atom stereocenters. The standard InChI is InChI=1S/C19H13F6N7/c20-18(21,22)11-5-10(6-12(7-11)19(23,24)25)13-8-14(16-15(9-26)29-31-30-16)28-17(27-13)32-3-1-2-4-32/h5-8H,1-4H2,(H,29,30,31). The lowest BCUT2D eigenvalue weighted by Crippen LogP contribution is -2.21. The number of nitrogens with zero attached hydrogens (tertiary/aromatic N) is 6. The second-order valence-corrected chi connectivity index (χ2v) is 7.06. The van der Waals surface area contributed by atoms with Gasteiger partial charge in [-0.05, 0) is 37.1 Å². The SMILES string of the molecule is N#Cc1n[nH]nc1-c1cc(-c2cc(C(F)(F)F)cc(C(F)(F)F)c2)nc(N2CCCC2)n1. The zero-order valence-electron chi connectivity index (χ0n) is 16.1. The second kappa shape index (κ2) is 7.77. The van der Waals surface area contributed by atoms with Gasteiger partial charge in [-0.1, -0.05) is 0 Å². The van der Waals surface area contributed by atoms with Gasteiger partial charge in [0.1, 0.15) is 11.8 Å². The van der Waals surface area contributed by atoms with Crippen molar-refractivity contribution in [2.24, 2.45) is 0 Å². The van der Waals surface area contributed by atoms with E-state index in [4.69, 9.17) is 0 Å². The van der Waals surface area contributed by atoms with Gasteiger partial charge in [0.15, 0.2) is 5.69 Å². The van der Waals surface area contributed by atoms with E-state index in [2.05, 4.69) is 25.4 Å². The van der Waals surface area contributed by atoms with Gasteiger partial charge in [-0.25, -0.2) is 9.97 Å². The van der Waals surface area contributed by atoms with Crippen LogP contribution >= 0.6 is 0 Å². The van der Waals surface area contributed by atoms with E-state index in [0.717, 1.165) is 12.8 Å². The summed E-state index contributed by atoms with van der Waals surface area (Å²) >= 11 is 0. The average Bonchev–Trinajstić information content (AvgIpc) is 3.43. The fourth-order valence-electron chi connectivity index (χ4n) is 3.35. The van der Waals surface area contributed by atoms with E-state index in [-0.39, 0.29) is 34.8 Å². The Hall–Kier alpha value is -3.69. The van der Waals surface area contributed by atoms with Crippen molar-refractivity contribution in [3.8, 4) is 28.7 Å². The molecule has 32 heavy (non-hydrogen) atoms. The number of rotatable bonds is 3. The average molecular weight is 453 g/mol. The Morgan fingerprint density at radius 1 is 0.844 bits per heavy atom. The van der Waals surface area contributed by atoms with Crippen molar-refractivity contribution >= 4 is 5.95 Å². The van der Waals surface area contributed by atoms with E-state index < -0.39 is 29.0 Å². The van der Waals surface area contributed by atoms with Gasteiger partial charge < -0.3 is 4.90 Å². The largest absolute Gasteiger partial charge is 0.416 e. The van der Waals surface area contributed by atoms with Gasteiger partial charge >= 0.3 is 12.4 Å². The Morgan fingerprint density at radius 3 is 2.00 bits per heavy atom. The highest BCUT2D eigenvalue weighted by Gasteiger charge is 2.37. The number of H-pyrrole nitrogens is 1. The molecule has 7 nitrogen and oxygen atoms in total. The molecule has 166 valence electrons. The maximum atomic E-state index is 13.3. The molecule has 0 aliphatic carbocycles. The van der Waals surface area contributed by atoms with Crippen molar-refractivity contribution in [1.82, 2.24) is 25.4 Å². The van der Waals surface area contributed by atoms with Crippen molar-refractivity contribution in [2.75, 3.05) is 18.0 Å². The number of alkyl halides is 6. The Labute approximate surface area is 176 Å². The molecular weight excluding hydrogens is 440 g/mol. The van der Waals surface area contributed by atoms with Crippen molar-refractivity contribution in [2.45, 2.75) is 25.2 Å². The monoisotopic (exact) mass is 453 g/mol. The van der Waals surface area contributed by atoms with Gasteiger partial charge in [-0.3, -0.25) is 0 Å². The highest BCUT2D eigenvalue weighted by Crippen LogP contribution is 2.39. The van der Waals surface area contributed by atoms with Crippen molar-refractivity contribution < 1.29 is 26.3 Å². The van der Waals surface area contributed by atoms with Crippen LogP contribution in [0.4, 0.5) is 32.3 Å². The third-order valence-corrected chi connectivity index (χ3v) is 4.88. The minimum atomic E-state index is -5.00. The Morgan fingerprint density at radius 2 is 1.44 bits per heavy atom. The van der Waals surface area contributed by atoms with Crippen molar-refractivity contribution in [3.05, 3.63) is 41.1 Å². The van der Waals surface area contributed by atoms with E-state index in [9.17, 15) is 31.6 Å². The first-order valence-electron chi connectivity index (χ1n) is 9.31. The third-order valence-electron chi connectivity index (χ3n) is 4.88. The Bertz CT molecular complexity index is 1150. The highest BCUT2D eigenvalue weighted by molar-refractivity contribution is 5.71. The van der Waals surface area contributed by atoms with E-state index in [1.54, 1.807) is 11.0 Å². The molecule has 1 saturated heterocycles. The molecular formula is C19H13F6N7. The minimum absolute atomic E-state index is 0.0135. The summed E-state index contributed by atoms with van der Waals surface area (Å²) in [6.07, 6.45) is -8.33. The molecule has 13 heteroatoms. The molecule has 0 bridgehead atoms. The molecule has 1 fully saturated rings. The van der Waals surface area contributed by atoms with Gasteiger partial charge in [-0.15, -0.1) is 5.10 Å². The minimum Gasteiger partial charge on any atom is -0.341 e. The molecule has 0 saturated carbocycles. The maximum absolute atomic E-state index is 13.3. The van der Waals surface area contributed by atoms with Crippen LogP contribution < -0.4 is 4.90 Å². The smallest absolute Gasteiger partial charge is 0.341 e. The molecule has 0 spiro atoms. The molecule has 1 aromatic carbocycles. The second-order valence-electron chi connectivity index (χ2n) is 7.06. The number of aromatic nitrogens is 5. The summed E-state index contributed by atoms with van der Waals surface area (Å²) in [6, 6.07) is 4.25. The van der Waals surface area contributed by atoms with Crippen LogP contribution in [0.1, 0.15) is 29.7 Å². The molecule has 1 aliphatic rings. The van der Waals surface area contributed by atoms with Crippen LogP contribution in [0.3, 0.4) is 0 Å². The summed E-state index contributed by atoms with van der Waals surface area (Å²) in [7, 11) is 0. The van der Waals surface area contributed by atoms with Gasteiger partial charge in [-0.2, -0.15) is 41.9 Å². The zero-order chi connectivity index (χ0) is 23.1. The number of anilines is 1. The fraction of sp³-hybridized carbons (Fsp3) is 0.316. The molecule has 1 N–H and O–H groups in total. The number of halogens is 6. The van der Waals surface area contributed by atoms with Gasteiger partial charge in [0.2, 0.25) is 5.95 Å². The number of nitrogens with one attached hydrogen (secondary N) is 1. The fourth-order valence-corrected chi connectivity index (χ4v) is 3.35. The summed E-state index contributed by atoms with van der Waals surface area (Å²) < 4.78 is 79.9. The van der Waals surface area contributed by atoms with Crippen molar-refractivity contribution in [1.29, 1.82) is 5.26 Å². The van der Waals surface area contributed by atoms with Crippen LogP contribution in [0, 0.1) is 11.3 Å². The number of benzene rings is 1. The third kappa shape index (κ3) is 4.20.